The van der Waals surface area contributed by atoms with E-state index in [4.69, 9.17) is 15.2 Å². The molecular formula is C12H12BrN3O2. The number of rotatable bonds is 4. The van der Waals surface area contributed by atoms with Crippen LogP contribution in [0.2, 0.25) is 0 Å². The van der Waals surface area contributed by atoms with Crippen molar-refractivity contribution in [1.82, 2.24) is 9.97 Å². The van der Waals surface area contributed by atoms with E-state index in [1.807, 2.05) is 24.3 Å². The van der Waals surface area contributed by atoms with Crippen molar-refractivity contribution in [3.63, 3.8) is 0 Å². The second kappa shape index (κ2) is 5.68. The largest absolute Gasteiger partial charge is 0.481 e. The molecule has 1 aromatic heterocycles. The van der Waals surface area contributed by atoms with Gasteiger partial charge >= 0.3 is 0 Å². The van der Waals surface area contributed by atoms with E-state index in [1.165, 1.54) is 7.11 Å². The molecule has 0 aliphatic carbocycles. The van der Waals surface area contributed by atoms with Crippen molar-refractivity contribution in [2.24, 2.45) is 0 Å². The quantitative estimate of drug-likeness (QED) is 0.939. The molecule has 2 rings (SSSR count). The molecule has 0 aliphatic rings. The number of nitrogens with two attached hydrogens (primary N) is 1. The molecule has 94 valence electrons. The van der Waals surface area contributed by atoms with Crippen LogP contribution in [0.3, 0.4) is 0 Å². The van der Waals surface area contributed by atoms with Gasteiger partial charge in [-0.3, -0.25) is 0 Å². The van der Waals surface area contributed by atoms with Gasteiger partial charge in [0, 0.05) is 4.47 Å². The summed E-state index contributed by atoms with van der Waals surface area (Å²) in [4.78, 5) is 7.85. The van der Waals surface area contributed by atoms with E-state index in [1.54, 1.807) is 6.07 Å². The summed E-state index contributed by atoms with van der Waals surface area (Å²) in [6.45, 7) is 0.410. The van der Waals surface area contributed by atoms with Crippen molar-refractivity contribution >= 4 is 21.9 Å². The van der Waals surface area contributed by atoms with E-state index in [-0.39, 0.29) is 5.95 Å². The van der Waals surface area contributed by atoms with Crippen molar-refractivity contribution in [2.45, 2.75) is 6.61 Å². The fourth-order valence-corrected chi connectivity index (χ4v) is 1.60. The van der Waals surface area contributed by atoms with Crippen LogP contribution in [0.1, 0.15) is 5.56 Å². The lowest BCUT2D eigenvalue weighted by molar-refractivity contribution is 0.290. The first-order valence-electron chi connectivity index (χ1n) is 5.23. The molecule has 0 fully saturated rings. The van der Waals surface area contributed by atoms with E-state index < -0.39 is 0 Å². The third kappa shape index (κ3) is 3.33. The van der Waals surface area contributed by atoms with Gasteiger partial charge in [-0.05, 0) is 17.7 Å². The zero-order valence-electron chi connectivity index (χ0n) is 9.76. The molecule has 0 aliphatic heterocycles. The summed E-state index contributed by atoms with van der Waals surface area (Å²) < 4.78 is 11.5. The number of anilines is 1. The predicted molar refractivity (Wildman–Crippen MR) is 71.5 cm³/mol. The summed E-state index contributed by atoms with van der Waals surface area (Å²) in [5, 5.41) is 0. The number of benzene rings is 1. The van der Waals surface area contributed by atoms with Gasteiger partial charge in [0.25, 0.3) is 0 Å². The van der Waals surface area contributed by atoms with Crippen molar-refractivity contribution in [3.05, 3.63) is 40.4 Å². The Bertz CT molecular complexity index is 531. The van der Waals surface area contributed by atoms with E-state index in [0.717, 1.165) is 10.0 Å². The van der Waals surface area contributed by atoms with Crippen molar-refractivity contribution in [3.8, 4) is 11.8 Å². The topological polar surface area (TPSA) is 70.3 Å². The SMILES string of the molecule is COc1cc(OCc2ccc(Br)cc2)nc(N)n1. The second-order valence-electron chi connectivity index (χ2n) is 3.52. The fraction of sp³-hybridized carbons (Fsp3) is 0.167. The first-order valence-corrected chi connectivity index (χ1v) is 6.02. The average molecular weight is 310 g/mol. The summed E-state index contributed by atoms with van der Waals surface area (Å²) in [6, 6.07) is 9.42. The van der Waals surface area contributed by atoms with Gasteiger partial charge in [0.05, 0.1) is 13.2 Å². The van der Waals surface area contributed by atoms with Gasteiger partial charge in [0.1, 0.15) is 6.61 Å². The van der Waals surface area contributed by atoms with Crippen LogP contribution in [-0.2, 0) is 6.61 Å². The Morgan fingerprint density at radius 3 is 2.50 bits per heavy atom. The molecule has 0 saturated heterocycles. The molecule has 18 heavy (non-hydrogen) atoms. The van der Waals surface area contributed by atoms with Crippen LogP contribution in [0.5, 0.6) is 11.8 Å². The highest BCUT2D eigenvalue weighted by Gasteiger charge is 2.03. The minimum absolute atomic E-state index is 0.125. The maximum Gasteiger partial charge on any atom is 0.226 e. The second-order valence-corrected chi connectivity index (χ2v) is 4.44. The lowest BCUT2D eigenvalue weighted by Gasteiger charge is -2.07. The van der Waals surface area contributed by atoms with E-state index in [0.29, 0.717) is 18.4 Å². The number of halogens is 1. The van der Waals surface area contributed by atoms with Crippen molar-refractivity contribution in [1.29, 1.82) is 0 Å². The number of methoxy groups -OCH3 is 1. The number of nitrogens with zero attached hydrogens (tertiary/aromatic N) is 2. The third-order valence-corrected chi connectivity index (χ3v) is 2.73. The standard InChI is InChI=1S/C12H12BrN3O2/c1-17-10-6-11(16-12(14)15-10)18-7-8-2-4-9(13)5-3-8/h2-6H,7H2,1H3,(H2,14,15,16). The van der Waals surface area contributed by atoms with Gasteiger partial charge in [-0.25, -0.2) is 0 Å². The Kier molecular flexibility index (Phi) is 3.99. The molecule has 0 atom stereocenters. The minimum Gasteiger partial charge on any atom is -0.481 e. The van der Waals surface area contributed by atoms with E-state index in [9.17, 15) is 0 Å². The van der Waals surface area contributed by atoms with Gasteiger partial charge in [-0.2, -0.15) is 9.97 Å². The molecule has 0 saturated carbocycles. The smallest absolute Gasteiger partial charge is 0.226 e. The Balaban J connectivity index is 2.05. The van der Waals surface area contributed by atoms with Gasteiger partial charge in [-0.1, -0.05) is 28.1 Å². The molecule has 0 unspecified atom stereocenters. The Morgan fingerprint density at radius 1 is 1.17 bits per heavy atom. The lowest BCUT2D eigenvalue weighted by Crippen LogP contribution is -2.02. The first kappa shape index (κ1) is 12.6. The van der Waals surface area contributed by atoms with Gasteiger partial charge in [-0.15, -0.1) is 0 Å². The monoisotopic (exact) mass is 309 g/mol. The van der Waals surface area contributed by atoms with Crippen LogP contribution in [-0.4, -0.2) is 17.1 Å². The molecule has 2 N–H and O–H groups in total. The molecule has 0 spiro atoms. The first-order chi connectivity index (χ1) is 8.67. The zero-order valence-corrected chi connectivity index (χ0v) is 11.3. The molecule has 5 nitrogen and oxygen atoms in total. The average Bonchev–Trinajstić information content (AvgIpc) is 2.37. The zero-order chi connectivity index (χ0) is 13.0. The summed E-state index contributed by atoms with van der Waals surface area (Å²) in [7, 11) is 1.51. The molecule has 0 bridgehead atoms. The van der Waals surface area contributed by atoms with Gasteiger partial charge in [0.15, 0.2) is 0 Å². The minimum atomic E-state index is 0.125. The van der Waals surface area contributed by atoms with Crippen LogP contribution in [0, 0.1) is 0 Å². The molecule has 6 heteroatoms. The van der Waals surface area contributed by atoms with Crippen LogP contribution in [0.15, 0.2) is 34.8 Å². The number of hydrogen-bond donors (Lipinski definition) is 1. The predicted octanol–water partition coefficient (Wildman–Crippen LogP) is 2.41. The highest BCUT2D eigenvalue weighted by atomic mass is 79.9. The van der Waals surface area contributed by atoms with Gasteiger partial charge < -0.3 is 15.2 Å². The number of hydrogen-bond acceptors (Lipinski definition) is 5. The molecule has 1 heterocycles. The highest BCUT2D eigenvalue weighted by Crippen LogP contribution is 2.18. The van der Waals surface area contributed by atoms with Crippen molar-refractivity contribution < 1.29 is 9.47 Å². The Hall–Kier alpha value is -1.82. The number of aromatic nitrogens is 2. The van der Waals surface area contributed by atoms with Crippen LogP contribution >= 0.6 is 15.9 Å². The summed E-state index contributed by atoms with van der Waals surface area (Å²) in [6.07, 6.45) is 0. The van der Waals surface area contributed by atoms with Crippen LogP contribution in [0.25, 0.3) is 0 Å². The maximum absolute atomic E-state index is 5.54. The summed E-state index contributed by atoms with van der Waals surface area (Å²) in [5.41, 5.74) is 6.57. The number of nitrogen functional groups attached to an aromatic ring is 1. The molecular weight excluding hydrogens is 298 g/mol. The fourth-order valence-electron chi connectivity index (χ4n) is 1.34. The van der Waals surface area contributed by atoms with Gasteiger partial charge in [0.2, 0.25) is 17.7 Å². The molecule has 2 aromatic rings. The normalized spacial score (nSPS) is 10.1. The summed E-state index contributed by atoms with van der Waals surface area (Å²) >= 11 is 3.38. The van der Waals surface area contributed by atoms with Crippen molar-refractivity contribution in [2.75, 3.05) is 12.8 Å². The maximum atomic E-state index is 5.54. The Morgan fingerprint density at radius 2 is 1.83 bits per heavy atom. The highest BCUT2D eigenvalue weighted by molar-refractivity contribution is 9.10. The summed E-state index contributed by atoms with van der Waals surface area (Å²) in [5.74, 6) is 0.899. The lowest BCUT2D eigenvalue weighted by atomic mass is 10.2. The van der Waals surface area contributed by atoms with E-state index in [2.05, 4.69) is 25.9 Å². The molecule has 0 amide bonds. The van der Waals surface area contributed by atoms with Crippen LogP contribution < -0.4 is 15.2 Å². The molecule has 0 radical (unpaired) electrons. The van der Waals surface area contributed by atoms with E-state index >= 15 is 0 Å². The third-order valence-electron chi connectivity index (χ3n) is 2.21. The van der Waals surface area contributed by atoms with Crippen LogP contribution in [0.4, 0.5) is 5.95 Å². The number of ether oxygens (including phenoxy) is 2. The Labute approximate surface area is 113 Å². The molecule has 1 aromatic carbocycles.